The summed E-state index contributed by atoms with van der Waals surface area (Å²) in [6.07, 6.45) is 4.76. The van der Waals surface area contributed by atoms with Crippen LogP contribution in [-0.4, -0.2) is 38.8 Å². The molecule has 0 bridgehead atoms. The molecule has 0 aliphatic carbocycles. The fraction of sp³-hybridized carbons (Fsp3) is 0.111. The number of urea groups is 1. The summed E-state index contributed by atoms with van der Waals surface area (Å²) in [6.45, 7) is 0.335. The number of benzene rings is 1. The van der Waals surface area contributed by atoms with E-state index in [-0.39, 0.29) is 11.9 Å². The fourth-order valence-corrected chi connectivity index (χ4v) is 2.39. The number of amides is 3. The zero-order valence-electron chi connectivity index (χ0n) is 14.4. The van der Waals surface area contributed by atoms with Gasteiger partial charge in [0.05, 0.1) is 11.6 Å². The number of imidazole rings is 1. The number of hydrogen-bond donors (Lipinski definition) is 3. The van der Waals surface area contributed by atoms with Gasteiger partial charge in [0.1, 0.15) is 11.6 Å². The lowest BCUT2D eigenvalue weighted by atomic mass is 10.2. The third-order valence-electron chi connectivity index (χ3n) is 3.63. The molecule has 0 fully saturated rings. The van der Waals surface area contributed by atoms with Crippen molar-refractivity contribution in [2.75, 3.05) is 17.7 Å². The standard InChI is InChI=1S/C18H17ClN6O2/c1-25(11-16-20-7-8-21-16)18(27)23-14-4-2-3-12(9-14)17(26)24-15-6-5-13(19)10-22-15/h2-10H,11H2,1H3,(H,20,21)(H,23,27)(H,22,24,26). The lowest BCUT2D eigenvalue weighted by Crippen LogP contribution is -2.31. The van der Waals surface area contributed by atoms with E-state index in [0.29, 0.717) is 34.5 Å². The quantitative estimate of drug-likeness (QED) is 0.627. The van der Waals surface area contributed by atoms with Gasteiger partial charge < -0.3 is 20.5 Å². The average Bonchev–Trinajstić information content (AvgIpc) is 3.17. The zero-order chi connectivity index (χ0) is 19.2. The normalized spacial score (nSPS) is 10.3. The van der Waals surface area contributed by atoms with Crippen LogP contribution in [0.5, 0.6) is 0 Å². The SMILES string of the molecule is CN(Cc1ncc[nH]1)C(=O)Nc1cccc(C(=O)Nc2ccc(Cl)cn2)c1. The van der Waals surface area contributed by atoms with Crippen molar-refractivity contribution in [1.82, 2.24) is 19.9 Å². The Balaban J connectivity index is 1.63. The van der Waals surface area contributed by atoms with Gasteiger partial charge in [-0.05, 0) is 30.3 Å². The zero-order valence-corrected chi connectivity index (χ0v) is 15.2. The third kappa shape index (κ3) is 5.05. The van der Waals surface area contributed by atoms with Crippen LogP contribution >= 0.6 is 11.6 Å². The monoisotopic (exact) mass is 384 g/mol. The number of pyridine rings is 1. The summed E-state index contributed by atoms with van der Waals surface area (Å²) in [5.41, 5.74) is 0.890. The van der Waals surface area contributed by atoms with E-state index in [4.69, 9.17) is 11.6 Å². The predicted molar refractivity (Wildman–Crippen MR) is 103 cm³/mol. The highest BCUT2D eigenvalue weighted by Gasteiger charge is 2.12. The average molecular weight is 385 g/mol. The molecule has 0 saturated carbocycles. The van der Waals surface area contributed by atoms with Crippen LogP contribution in [0.15, 0.2) is 55.0 Å². The summed E-state index contributed by atoms with van der Waals surface area (Å²) in [5.74, 6) is 0.720. The number of nitrogens with zero attached hydrogens (tertiary/aromatic N) is 3. The highest BCUT2D eigenvalue weighted by Crippen LogP contribution is 2.15. The Morgan fingerprint density at radius 3 is 2.74 bits per heavy atom. The van der Waals surface area contributed by atoms with Crippen molar-refractivity contribution >= 4 is 35.0 Å². The smallest absolute Gasteiger partial charge is 0.321 e. The van der Waals surface area contributed by atoms with Gasteiger partial charge in [0.25, 0.3) is 5.91 Å². The minimum atomic E-state index is -0.343. The molecule has 3 amide bonds. The van der Waals surface area contributed by atoms with Crippen molar-refractivity contribution in [1.29, 1.82) is 0 Å². The van der Waals surface area contributed by atoms with Crippen LogP contribution < -0.4 is 10.6 Å². The summed E-state index contributed by atoms with van der Waals surface area (Å²) >= 11 is 5.78. The number of carbonyl (C=O) groups excluding carboxylic acids is 2. The predicted octanol–water partition coefficient (Wildman–Crippen LogP) is 3.37. The van der Waals surface area contributed by atoms with E-state index in [2.05, 4.69) is 25.6 Å². The van der Waals surface area contributed by atoms with E-state index in [1.165, 1.54) is 11.1 Å². The van der Waals surface area contributed by atoms with E-state index in [1.807, 2.05) is 0 Å². The number of carbonyl (C=O) groups is 2. The molecule has 0 aliphatic rings. The first-order valence-corrected chi connectivity index (χ1v) is 8.42. The molecular formula is C18H17ClN6O2. The van der Waals surface area contributed by atoms with Crippen LogP contribution in [-0.2, 0) is 6.54 Å². The molecule has 0 aliphatic heterocycles. The number of hydrogen-bond acceptors (Lipinski definition) is 4. The Hall–Kier alpha value is -3.39. The Morgan fingerprint density at radius 2 is 2.04 bits per heavy atom. The van der Waals surface area contributed by atoms with Crippen molar-refractivity contribution in [3.05, 3.63) is 71.4 Å². The summed E-state index contributed by atoms with van der Waals surface area (Å²) in [7, 11) is 1.65. The molecular weight excluding hydrogens is 368 g/mol. The minimum absolute atomic E-state index is 0.316. The molecule has 0 radical (unpaired) electrons. The first-order chi connectivity index (χ1) is 13.0. The van der Waals surface area contributed by atoms with Crippen molar-refractivity contribution in [2.24, 2.45) is 0 Å². The highest BCUT2D eigenvalue weighted by molar-refractivity contribution is 6.30. The van der Waals surface area contributed by atoms with Gasteiger partial charge in [-0.2, -0.15) is 0 Å². The fourth-order valence-electron chi connectivity index (χ4n) is 2.28. The van der Waals surface area contributed by atoms with Gasteiger partial charge in [0.2, 0.25) is 0 Å². The molecule has 9 heteroatoms. The second kappa shape index (κ2) is 8.33. The van der Waals surface area contributed by atoms with Crippen LogP contribution in [0.3, 0.4) is 0 Å². The van der Waals surface area contributed by atoms with E-state index < -0.39 is 0 Å². The maximum Gasteiger partial charge on any atom is 0.321 e. The maximum absolute atomic E-state index is 12.4. The van der Waals surface area contributed by atoms with Gasteiger partial charge in [0.15, 0.2) is 0 Å². The second-order valence-electron chi connectivity index (χ2n) is 5.72. The molecule has 8 nitrogen and oxygen atoms in total. The Labute approximate surface area is 160 Å². The van der Waals surface area contributed by atoms with Crippen molar-refractivity contribution in [3.63, 3.8) is 0 Å². The molecule has 3 rings (SSSR count). The van der Waals surface area contributed by atoms with Gasteiger partial charge in [-0.3, -0.25) is 4.79 Å². The first kappa shape index (κ1) is 18.4. The molecule has 0 atom stereocenters. The highest BCUT2D eigenvalue weighted by atomic mass is 35.5. The largest absolute Gasteiger partial charge is 0.347 e. The first-order valence-electron chi connectivity index (χ1n) is 8.04. The number of aromatic nitrogens is 3. The van der Waals surface area contributed by atoms with Gasteiger partial charge in [-0.15, -0.1) is 0 Å². The van der Waals surface area contributed by atoms with Gasteiger partial charge in [0, 0.05) is 36.9 Å². The Kier molecular flexibility index (Phi) is 5.68. The van der Waals surface area contributed by atoms with Crippen LogP contribution in [0.4, 0.5) is 16.3 Å². The molecule has 1 aromatic carbocycles. The van der Waals surface area contributed by atoms with E-state index in [0.717, 1.165) is 0 Å². The maximum atomic E-state index is 12.4. The van der Waals surface area contributed by atoms with Gasteiger partial charge in [-0.25, -0.2) is 14.8 Å². The van der Waals surface area contributed by atoms with E-state index >= 15 is 0 Å². The summed E-state index contributed by atoms with van der Waals surface area (Å²) in [4.78, 5) is 37.2. The Bertz CT molecular complexity index is 927. The van der Waals surface area contributed by atoms with E-state index in [1.54, 1.807) is 55.8 Å². The molecule has 2 heterocycles. The number of halogens is 1. The van der Waals surface area contributed by atoms with Crippen molar-refractivity contribution in [2.45, 2.75) is 6.54 Å². The van der Waals surface area contributed by atoms with Crippen LogP contribution in [0.1, 0.15) is 16.2 Å². The third-order valence-corrected chi connectivity index (χ3v) is 3.86. The number of nitrogens with one attached hydrogen (secondary N) is 3. The molecule has 27 heavy (non-hydrogen) atoms. The lowest BCUT2D eigenvalue weighted by Gasteiger charge is -2.17. The Morgan fingerprint density at radius 1 is 1.19 bits per heavy atom. The molecule has 2 aromatic heterocycles. The lowest BCUT2D eigenvalue weighted by molar-refractivity contribution is 0.102. The van der Waals surface area contributed by atoms with Crippen LogP contribution in [0.2, 0.25) is 5.02 Å². The number of aromatic amines is 1. The summed E-state index contributed by atoms with van der Waals surface area (Å²) in [5, 5.41) is 5.91. The topological polar surface area (TPSA) is 103 Å². The molecule has 0 spiro atoms. The summed E-state index contributed by atoms with van der Waals surface area (Å²) in [6, 6.07) is 9.55. The molecule has 0 unspecified atom stereocenters. The minimum Gasteiger partial charge on any atom is -0.347 e. The van der Waals surface area contributed by atoms with E-state index in [9.17, 15) is 9.59 Å². The van der Waals surface area contributed by atoms with Crippen molar-refractivity contribution < 1.29 is 9.59 Å². The van der Waals surface area contributed by atoms with Crippen LogP contribution in [0, 0.1) is 0 Å². The molecule has 0 saturated heterocycles. The van der Waals surface area contributed by atoms with Gasteiger partial charge in [-0.1, -0.05) is 17.7 Å². The van der Waals surface area contributed by atoms with Crippen molar-refractivity contribution in [3.8, 4) is 0 Å². The number of rotatable bonds is 5. The van der Waals surface area contributed by atoms with Gasteiger partial charge >= 0.3 is 6.03 Å². The number of anilines is 2. The molecule has 138 valence electrons. The van der Waals surface area contributed by atoms with Crippen LogP contribution in [0.25, 0.3) is 0 Å². The number of H-pyrrole nitrogens is 1. The summed E-state index contributed by atoms with van der Waals surface area (Å²) < 4.78 is 0. The molecule has 3 aromatic rings. The molecule has 3 N–H and O–H groups in total. The second-order valence-corrected chi connectivity index (χ2v) is 6.16.